The van der Waals surface area contributed by atoms with Crippen LogP contribution >= 0.6 is 0 Å². The number of carbonyl (C=O) groups excluding carboxylic acids is 1. The Labute approximate surface area is 175 Å². The van der Waals surface area contributed by atoms with Crippen LogP contribution in [0.1, 0.15) is 22.1 Å². The van der Waals surface area contributed by atoms with Gasteiger partial charge in [0.15, 0.2) is 6.23 Å². The zero-order valence-electron chi connectivity index (χ0n) is 16.8. The van der Waals surface area contributed by atoms with Crippen LogP contribution in [0, 0.1) is 0 Å². The molecule has 1 atom stereocenters. The van der Waals surface area contributed by atoms with Gasteiger partial charge in [-0.15, -0.1) is 0 Å². The number of benzene rings is 3. The summed E-state index contributed by atoms with van der Waals surface area (Å²) in [5, 5.41) is 3.72. The van der Waals surface area contributed by atoms with E-state index in [1.54, 1.807) is 14.2 Å². The molecular formula is C25H22N2O3. The molecule has 1 N–H and O–H groups in total. The van der Waals surface area contributed by atoms with Crippen molar-refractivity contribution < 1.29 is 14.3 Å². The van der Waals surface area contributed by atoms with Crippen LogP contribution in [-0.2, 0) is 4.74 Å². The molecule has 0 saturated heterocycles. The third-order valence-electron chi connectivity index (χ3n) is 4.93. The number of pyridine rings is 1. The van der Waals surface area contributed by atoms with E-state index in [4.69, 9.17) is 14.5 Å². The van der Waals surface area contributed by atoms with Gasteiger partial charge in [-0.05, 0) is 18.2 Å². The van der Waals surface area contributed by atoms with Crippen LogP contribution in [-0.4, -0.2) is 25.1 Å². The predicted molar refractivity (Wildman–Crippen MR) is 117 cm³/mol. The van der Waals surface area contributed by atoms with Gasteiger partial charge in [0.25, 0.3) is 5.91 Å². The molecular weight excluding hydrogens is 376 g/mol. The first-order valence-corrected chi connectivity index (χ1v) is 9.62. The Kier molecular flexibility index (Phi) is 5.72. The minimum Gasteiger partial charge on any atom is -0.497 e. The summed E-state index contributed by atoms with van der Waals surface area (Å²) in [5.74, 6) is 0.450. The van der Waals surface area contributed by atoms with Gasteiger partial charge < -0.3 is 14.8 Å². The fourth-order valence-electron chi connectivity index (χ4n) is 3.38. The van der Waals surface area contributed by atoms with Gasteiger partial charge in [0.2, 0.25) is 0 Å². The number of amides is 1. The van der Waals surface area contributed by atoms with Gasteiger partial charge in [-0.3, -0.25) is 4.79 Å². The van der Waals surface area contributed by atoms with Crippen LogP contribution in [0.3, 0.4) is 0 Å². The zero-order chi connectivity index (χ0) is 20.9. The van der Waals surface area contributed by atoms with E-state index in [9.17, 15) is 4.79 Å². The third kappa shape index (κ3) is 4.02. The molecule has 0 aliphatic carbocycles. The summed E-state index contributed by atoms with van der Waals surface area (Å²) in [4.78, 5) is 18.1. The molecule has 4 rings (SSSR count). The Bertz CT molecular complexity index is 1160. The number of methoxy groups -OCH3 is 2. The molecule has 0 radical (unpaired) electrons. The van der Waals surface area contributed by atoms with Crippen molar-refractivity contribution in [2.24, 2.45) is 0 Å². The summed E-state index contributed by atoms with van der Waals surface area (Å²) in [5.41, 5.74) is 3.74. The van der Waals surface area contributed by atoms with Crippen molar-refractivity contribution >= 4 is 16.8 Å². The molecule has 1 heterocycles. The molecule has 150 valence electrons. The smallest absolute Gasteiger partial charge is 0.254 e. The summed E-state index contributed by atoms with van der Waals surface area (Å²) in [6.45, 7) is 0. The SMILES string of the molecule is COc1ccc2c(C(=O)NC(OC)c3ccccc3)cc(-c3ccccc3)nc2c1. The number of nitrogens with one attached hydrogen (secondary N) is 1. The molecule has 0 saturated carbocycles. The molecule has 1 amide bonds. The van der Waals surface area contributed by atoms with Crippen LogP contribution in [0.2, 0.25) is 0 Å². The van der Waals surface area contributed by atoms with E-state index in [2.05, 4.69) is 5.32 Å². The molecule has 5 nitrogen and oxygen atoms in total. The Morgan fingerprint density at radius 3 is 2.27 bits per heavy atom. The standard InChI is InChI=1S/C25H22N2O3/c1-29-19-13-14-20-21(24(28)27-25(30-2)18-11-7-4-8-12-18)16-22(26-23(20)15-19)17-9-5-3-6-10-17/h3-16,25H,1-2H3,(H,27,28). The lowest BCUT2D eigenvalue weighted by atomic mass is 10.0. The third-order valence-corrected chi connectivity index (χ3v) is 4.93. The van der Waals surface area contributed by atoms with Crippen molar-refractivity contribution in [2.75, 3.05) is 14.2 Å². The summed E-state index contributed by atoms with van der Waals surface area (Å²) in [7, 11) is 3.18. The van der Waals surface area contributed by atoms with Gasteiger partial charge in [0.1, 0.15) is 5.75 Å². The van der Waals surface area contributed by atoms with Gasteiger partial charge in [-0.2, -0.15) is 0 Å². The molecule has 1 aromatic heterocycles. The topological polar surface area (TPSA) is 60.5 Å². The number of carbonyl (C=O) groups is 1. The normalized spacial score (nSPS) is 11.8. The summed E-state index contributed by atoms with van der Waals surface area (Å²) < 4.78 is 10.9. The van der Waals surface area contributed by atoms with Gasteiger partial charge >= 0.3 is 0 Å². The van der Waals surface area contributed by atoms with Crippen molar-refractivity contribution in [3.63, 3.8) is 0 Å². The largest absolute Gasteiger partial charge is 0.497 e. The fraction of sp³-hybridized carbons (Fsp3) is 0.120. The van der Waals surface area contributed by atoms with E-state index >= 15 is 0 Å². The first-order valence-electron chi connectivity index (χ1n) is 9.62. The maximum absolute atomic E-state index is 13.3. The molecule has 0 aliphatic rings. The lowest BCUT2D eigenvalue weighted by Gasteiger charge is -2.18. The highest BCUT2D eigenvalue weighted by atomic mass is 16.5. The van der Waals surface area contributed by atoms with E-state index in [1.807, 2.05) is 84.9 Å². The highest BCUT2D eigenvalue weighted by Crippen LogP contribution is 2.28. The first kappa shape index (κ1) is 19.6. The predicted octanol–water partition coefficient (Wildman–Crippen LogP) is 4.99. The molecule has 5 heteroatoms. The molecule has 0 aliphatic heterocycles. The number of hydrogen-bond acceptors (Lipinski definition) is 4. The van der Waals surface area contributed by atoms with Crippen LogP contribution in [0.5, 0.6) is 5.75 Å². The van der Waals surface area contributed by atoms with Gasteiger partial charge in [-0.1, -0.05) is 60.7 Å². The maximum Gasteiger partial charge on any atom is 0.254 e. The van der Waals surface area contributed by atoms with Gasteiger partial charge in [0, 0.05) is 29.7 Å². The van der Waals surface area contributed by atoms with E-state index in [0.717, 1.165) is 22.2 Å². The highest BCUT2D eigenvalue weighted by Gasteiger charge is 2.19. The number of fused-ring (bicyclic) bond motifs is 1. The molecule has 1 unspecified atom stereocenters. The summed E-state index contributed by atoms with van der Waals surface area (Å²) >= 11 is 0. The number of rotatable bonds is 6. The summed E-state index contributed by atoms with van der Waals surface area (Å²) in [6, 6.07) is 26.7. The van der Waals surface area contributed by atoms with Crippen molar-refractivity contribution in [2.45, 2.75) is 6.23 Å². The highest BCUT2D eigenvalue weighted by molar-refractivity contribution is 6.07. The van der Waals surface area contributed by atoms with Crippen molar-refractivity contribution in [3.8, 4) is 17.0 Å². The molecule has 0 spiro atoms. The minimum absolute atomic E-state index is 0.236. The van der Waals surface area contributed by atoms with Gasteiger partial charge in [-0.25, -0.2) is 4.98 Å². The Hall–Kier alpha value is -3.70. The molecule has 0 bridgehead atoms. The van der Waals surface area contributed by atoms with Crippen LogP contribution in [0.15, 0.2) is 84.9 Å². The lowest BCUT2D eigenvalue weighted by molar-refractivity contribution is 0.0576. The monoisotopic (exact) mass is 398 g/mol. The molecule has 3 aromatic carbocycles. The maximum atomic E-state index is 13.3. The zero-order valence-corrected chi connectivity index (χ0v) is 16.8. The second-order valence-corrected chi connectivity index (χ2v) is 6.80. The fourth-order valence-corrected chi connectivity index (χ4v) is 3.38. The Balaban J connectivity index is 1.79. The second kappa shape index (κ2) is 8.76. The Morgan fingerprint density at radius 1 is 0.900 bits per heavy atom. The van der Waals surface area contributed by atoms with Gasteiger partial charge in [0.05, 0.1) is 23.9 Å². The van der Waals surface area contributed by atoms with Crippen molar-refractivity contribution in [1.29, 1.82) is 0 Å². The minimum atomic E-state index is -0.555. The number of aromatic nitrogens is 1. The molecule has 30 heavy (non-hydrogen) atoms. The molecule has 4 aromatic rings. The number of ether oxygens (including phenoxy) is 2. The number of hydrogen-bond donors (Lipinski definition) is 1. The Morgan fingerprint density at radius 2 is 1.60 bits per heavy atom. The van der Waals surface area contributed by atoms with E-state index in [0.29, 0.717) is 16.8 Å². The first-order chi connectivity index (χ1) is 14.7. The van der Waals surface area contributed by atoms with Crippen molar-refractivity contribution in [3.05, 3.63) is 96.1 Å². The average molecular weight is 398 g/mol. The summed E-state index contributed by atoms with van der Waals surface area (Å²) in [6.07, 6.45) is -0.555. The quantitative estimate of drug-likeness (QED) is 0.465. The van der Waals surface area contributed by atoms with Crippen LogP contribution in [0.25, 0.3) is 22.2 Å². The second-order valence-electron chi connectivity index (χ2n) is 6.80. The number of nitrogens with zero attached hydrogens (tertiary/aromatic N) is 1. The van der Waals surface area contributed by atoms with Crippen LogP contribution < -0.4 is 10.1 Å². The van der Waals surface area contributed by atoms with Crippen molar-refractivity contribution in [1.82, 2.24) is 10.3 Å². The lowest BCUT2D eigenvalue weighted by Crippen LogP contribution is -2.30. The average Bonchev–Trinajstić information content (AvgIpc) is 2.82. The van der Waals surface area contributed by atoms with Crippen LogP contribution in [0.4, 0.5) is 0 Å². The molecule has 0 fully saturated rings. The van der Waals surface area contributed by atoms with E-state index in [-0.39, 0.29) is 5.91 Å². The van der Waals surface area contributed by atoms with E-state index < -0.39 is 6.23 Å². The van der Waals surface area contributed by atoms with E-state index in [1.165, 1.54) is 0 Å².